The molecule has 1 N–H and O–H groups in total. The number of halogens is 4. The highest BCUT2D eigenvalue weighted by Gasteiger charge is 2.44. The molecule has 230 valence electrons. The van der Waals surface area contributed by atoms with Gasteiger partial charge < -0.3 is 24.4 Å². The molecule has 10 nitrogen and oxygen atoms in total. The number of morpholine rings is 1. The predicted molar refractivity (Wildman–Crippen MR) is 150 cm³/mol. The van der Waals surface area contributed by atoms with Gasteiger partial charge in [-0.2, -0.15) is 0 Å². The van der Waals surface area contributed by atoms with Gasteiger partial charge in [-0.25, -0.2) is 27.7 Å². The number of aliphatic imine (C=N–C) groups is 1. The summed E-state index contributed by atoms with van der Waals surface area (Å²) in [6, 6.07) is 2.89. The van der Waals surface area contributed by atoms with E-state index < -0.39 is 41.2 Å². The summed E-state index contributed by atoms with van der Waals surface area (Å²) in [4.78, 5) is 38.1. The zero-order valence-corrected chi connectivity index (χ0v) is 24.8. The van der Waals surface area contributed by atoms with Gasteiger partial charge >= 0.3 is 12.1 Å². The van der Waals surface area contributed by atoms with Crippen molar-refractivity contribution in [1.82, 2.24) is 20.1 Å². The number of methoxy groups -OCH3 is 1. The lowest BCUT2D eigenvalue weighted by atomic mass is 9.94. The Morgan fingerprint density at radius 3 is 2.60 bits per heavy atom. The molecule has 1 aromatic carbocycles. The Morgan fingerprint density at radius 2 is 1.93 bits per heavy atom. The molecule has 43 heavy (non-hydrogen) atoms. The molecule has 4 heterocycles. The Kier molecular flexibility index (Phi) is 8.68. The number of ether oxygens (including phenoxy) is 3. The van der Waals surface area contributed by atoms with Gasteiger partial charge in [0.15, 0.2) is 11.7 Å². The van der Waals surface area contributed by atoms with Crippen molar-refractivity contribution in [3.8, 4) is 0 Å². The molecule has 0 aliphatic carbocycles. The number of aromatic nitrogens is 1. The smallest absolute Gasteiger partial charge is 0.410 e. The number of pyridine rings is 1. The van der Waals surface area contributed by atoms with Gasteiger partial charge in [-0.3, -0.25) is 9.89 Å². The minimum absolute atomic E-state index is 0.0153. The Hall–Kier alpha value is -3.68. The number of fused-ring (bicyclic) bond motifs is 1. The Bertz CT molecular complexity index is 1500. The minimum Gasteiger partial charge on any atom is -0.466 e. The van der Waals surface area contributed by atoms with Crippen molar-refractivity contribution in [1.29, 1.82) is 0 Å². The average molecular weight is 622 g/mol. The molecule has 1 aromatic heterocycles. The van der Waals surface area contributed by atoms with Gasteiger partial charge in [0.2, 0.25) is 0 Å². The molecule has 0 saturated carbocycles. The first-order chi connectivity index (χ1) is 20.3. The van der Waals surface area contributed by atoms with Gasteiger partial charge in [0, 0.05) is 42.0 Å². The van der Waals surface area contributed by atoms with Crippen LogP contribution in [0.2, 0.25) is 5.02 Å². The fraction of sp³-hybridized carbons (Fsp3) is 0.448. The van der Waals surface area contributed by atoms with Crippen LogP contribution in [0.15, 0.2) is 46.7 Å². The van der Waals surface area contributed by atoms with Crippen molar-refractivity contribution in [3.05, 3.63) is 75.5 Å². The van der Waals surface area contributed by atoms with Crippen LogP contribution in [-0.2, 0) is 19.0 Å². The van der Waals surface area contributed by atoms with Crippen molar-refractivity contribution in [3.63, 3.8) is 0 Å². The van der Waals surface area contributed by atoms with Crippen LogP contribution in [0.1, 0.15) is 38.1 Å². The summed E-state index contributed by atoms with van der Waals surface area (Å²) in [6.45, 7) is 6.89. The lowest BCUT2D eigenvalue weighted by molar-refractivity contribution is -0.136. The summed E-state index contributed by atoms with van der Waals surface area (Å²) in [5.74, 6) is -3.28. The number of esters is 1. The SMILES string of the molecule is COC(=O)C1=C(CN2CCO[C@@H]3CN(C(=O)OC(C)(C)C)C[C@@H]32)NC(c2ncc(F)cc2F)=N[C@@H]1c1ccc(F)cc1Cl. The monoisotopic (exact) mass is 621 g/mol. The van der Waals surface area contributed by atoms with Crippen LogP contribution in [-0.4, -0.2) is 90.3 Å². The third kappa shape index (κ3) is 6.63. The second-order valence-electron chi connectivity index (χ2n) is 11.4. The van der Waals surface area contributed by atoms with Gasteiger partial charge in [-0.15, -0.1) is 0 Å². The number of benzene rings is 1. The number of hydrogen-bond donors (Lipinski definition) is 1. The topological polar surface area (TPSA) is 106 Å². The largest absolute Gasteiger partial charge is 0.466 e. The number of hydrogen-bond acceptors (Lipinski definition) is 9. The van der Waals surface area contributed by atoms with E-state index in [0.29, 0.717) is 38.0 Å². The zero-order valence-electron chi connectivity index (χ0n) is 24.0. The molecule has 0 unspecified atom stereocenters. The number of amides is 1. The van der Waals surface area contributed by atoms with Crippen LogP contribution in [0.5, 0.6) is 0 Å². The van der Waals surface area contributed by atoms with Gasteiger partial charge in [-0.05, 0) is 32.9 Å². The predicted octanol–water partition coefficient (Wildman–Crippen LogP) is 3.99. The van der Waals surface area contributed by atoms with Gasteiger partial charge in [0.05, 0.1) is 44.2 Å². The van der Waals surface area contributed by atoms with Crippen molar-refractivity contribution in [2.75, 3.05) is 39.9 Å². The number of carbonyl (C=O) groups excluding carboxylic acids is 2. The van der Waals surface area contributed by atoms with E-state index in [9.17, 15) is 22.8 Å². The van der Waals surface area contributed by atoms with Crippen molar-refractivity contribution >= 4 is 29.5 Å². The minimum atomic E-state index is -1.14. The molecule has 1 amide bonds. The second-order valence-corrected chi connectivity index (χ2v) is 11.8. The maximum absolute atomic E-state index is 14.9. The lowest BCUT2D eigenvalue weighted by Gasteiger charge is -2.38. The van der Waals surface area contributed by atoms with E-state index in [4.69, 9.17) is 25.8 Å². The number of nitrogens with zero attached hydrogens (tertiary/aromatic N) is 4. The number of likely N-dealkylation sites (tertiary alicyclic amines) is 1. The summed E-state index contributed by atoms with van der Waals surface area (Å²) >= 11 is 6.41. The van der Waals surface area contributed by atoms with E-state index in [0.717, 1.165) is 12.3 Å². The molecular formula is C29H31ClF3N5O5. The summed E-state index contributed by atoms with van der Waals surface area (Å²) in [7, 11) is 1.21. The maximum atomic E-state index is 14.9. The number of amidine groups is 1. The third-order valence-electron chi connectivity index (χ3n) is 7.25. The molecule has 5 rings (SSSR count). The van der Waals surface area contributed by atoms with Crippen LogP contribution in [0.4, 0.5) is 18.0 Å². The quantitative estimate of drug-likeness (QED) is 0.500. The van der Waals surface area contributed by atoms with Crippen LogP contribution in [0.25, 0.3) is 0 Å². The fourth-order valence-electron chi connectivity index (χ4n) is 5.36. The summed E-state index contributed by atoms with van der Waals surface area (Å²) in [5.41, 5.74) is -0.341. The van der Waals surface area contributed by atoms with E-state index in [1.165, 1.54) is 19.2 Å². The molecule has 0 bridgehead atoms. The standard InChI is InChI=1S/C29H31ClF3N5O5/c1-29(2,3)43-28(40)38-13-21-22(14-38)42-8-7-37(21)12-20-23(27(39)41-4)24(17-6-5-15(31)9-18(17)30)36-26(35-20)25-19(33)10-16(32)11-34-25/h5-6,9-11,21-22,24H,7-8,12-14H2,1-4H3,(H,35,36)/t21-,22+,24+/m0/s1. The van der Waals surface area contributed by atoms with E-state index in [1.807, 2.05) is 4.90 Å². The molecule has 3 aliphatic heterocycles. The number of carbonyl (C=O) groups is 2. The summed E-state index contributed by atoms with van der Waals surface area (Å²) < 4.78 is 59.2. The third-order valence-corrected chi connectivity index (χ3v) is 7.58. The van der Waals surface area contributed by atoms with E-state index >= 15 is 0 Å². The highest BCUT2D eigenvalue weighted by molar-refractivity contribution is 6.31. The van der Waals surface area contributed by atoms with Crippen LogP contribution in [0, 0.1) is 17.5 Å². The molecule has 0 spiro atoms. The normalized spacial score (nSPS) is 22.6. The first kappa shape index (κ1) is 30.8. The summed E-state index contributed by atoms with van der Waals surface area (Å²) in [5, 5.41) is 3.00. The highest BCUT2D eigenvalue weighted by atomic mass is 35.5. The maximum Gasteiger partial charge on any atom is 0.410 e. The molecule has 3 atom stereocenters. The molecule has 2 saturated heterocycles. The molecule has 14 heteroatoms. The van der Waals surface area contributed by atoms with Crippen LogP contribution < -0.4 is 5.32 Å². The first-order valence-corrected chi connectivity index (χ1v) is 14.0. The molecule has 0 radical (unpaired) electrons. The van der Waals surface area contributed by atoms with Crippen LogP contribution >= 0.6 is 11.6 Å². The Balaban J connectivity index is 1.54. The number of nitrogens with one attached hydrogen (secondary N) is 1. The van der Waals surface area contributed by atoms with Crippen molar-refractivity contribution in [2.24, 2.45) is 4.99 Å². The fourth-order valence-corrected chi connectivity index (χ4v) is 5.63. The Labute approximate surface area is 251 Å². The van der Waals surface area contributed by atoms with Crippen LogP contribution in [0.3, 0.4) is 0 Å². The second kappa shape index (κ2) is 12.1. The van der Waals surface area contributed by atoms with E-state index in [2.05, 4.69) is 15.3 Å². The van der Waals surface area contributed by atoms with E-state index in [-0.39, 0.29) is 46.4 Å². The van der Waals surface area contributed by atoms with E-state index in [1.54, 1.807) is 25.7 Å². The molecule has 3 aliphatic rings. The molecule has 2 fully saturated rings. The Morgan fingerprint density at radius 1 is 1.16 bits per heavy atom. The van der Waals surface area contributed by atoms with Gasteiger partial charge in [0.1, 0.15) is 29.0 Å². The molecule has 2 aromatic rings. The van der Waals surface area contributed by atoms with Crippen molar-refractivity contribution in [2.45, 2.75) is 44.6 Å². The van der Waals surface area contributed by atoms with Crippen molar-refractivity contribution < 1.29 is 37.0 Å². The number of rotatable bonds is 5. The lowest BCUT2D eigenvalue weighted by Crippen LogP contribution is -2.53. The van der Waals surface area contributed by atoms with Gasteiger partial charge in [0.25, 0.3) is 0 Å². The highest BCUT2D eigenvalue weighted by Crippen LogP contribution is 2.37. The average Bonchev–Trinajstić information content (AvgIpc) is 3.37. The zero-order chi connectivity index (χ0) is 31.1. The molecular weight excluding hydrogens is 591 g/mol. The van der Waals surface area contributed by atoms with Gasteiger partial charge in [-0.1, -0.05) is 17.7 Å². The summed E-state index contributed by atoms with van der Waals surface area (Å²) in [6.07, 6.45) is 0.0608. The first-order valence-electron chi connectivity index (χ1n) is 13.6.